The SMILES string of the molecule is COc1ccc(/C=C(\C#N)C(=O)Nc2cccc(C(F)(F)F)c2)c(OCc2cccc(F)c2)c1. The Morgan fingerprint density at radius 1 is 1.09 bits per heavy atom. The first kappa shape index (κ1) is 24.3. The number of halogens is 4. The first-order valence-corrected chi connectivity index (χ1v) is 9.85. The largest absolute Gasteiger partial charge is 0.497 e. The molecule has 0 spiro atoms. The minimum atomic E-state index is -4.58. The highest BCUT2D eigenvalue weighted by molar-refractivity contribution is 6.09. The molecule has 0 bridgehead atoms. The molecule has 0 heterocycles. The van der Waals surface area contributed by atoms with Crippen molar-refractivity contribution in [3.8, 4) is 17.6 Å². The van der Waals surface area contributed by atoms with Crippen LogP contribution in [0.4, 0.5) is 23.2 Å². The van der Waals surface area contributed by atoms with Gasteiger partial charge < -0.3 is 14.8 Å². The number of nitriles is 1. The first-order valence-electron chi connectivity index (χ1n) is 9.85. The normalized spacial score (nSPS) is 11.5. The summed E-state index contributed by atoms with van der Waals surface area (Å²) in [7, 11) is 1.45. The van der Waals surface area contributed by atoms with Crippen LogP contribution in [-0.4, -0.2) is 13.0 Å². The van der Waals surface area contributed by atoms with Gasteiger partial charge in [0.05, 0.1) is 12.7 Å². The Morgan fingerprint density at radius 2 is 1.85 bits per heavy atom. The summed E-state index contributed by atoms with van der Waals surface area (Å²) in [5.41, 5.74) is -0.513. The van der Waals surface area contributed by atoms with E-state index in [1.807, 2.05) is 0 Å². The molecular formula is C25H18F4N2O3. The number of nitrogens with one attached hydrogen (secondary N) is 1. The van der Waals surface area contributed by atoms with E-state index in [9.17, 15) is 27.6 Å². The number of amides is 1. The fraction of sp³-hybridized carbons (Fsp3) is 0.120. The predicted molar refractivity (Wildman–Crippen MR) is 117 cm³/mol. The van der Waals surface area contributed by atoms with Crippen LogP contribution in [-0.2, 0) is 17.6 Å². The zero-order chi connectivity index (χ0) is 24.7. The molecule has 0 atom stereocenters. The van der Waals surface area contributed by atoms with Crippen LogP contribution in [0, 0.1) is 17.1 Å². The summed E-state index contributed by atoms with van der Waals surface area (Å²) in [5, 5.41) is 11.8. The lowest BCUT2D eigenvalue weighted by Crippen LogP contribution is -2.14. The van der Waals surface area contributed by atoms with Crippen molar-refractivity contribution in [2.24, 2.45) is 0 Å². The van der Waals surface area contributed by atoms with Crippen molar-refractivity contribution in [2.75, 3.05) is 12.4 Å². The second-order valence-electron chi connectivity index (χ2n) is 7.02. The highest BCUT2D eigenvalue weighted by Crippen LogP contribution is 2.31. The first-order chi connectivity index (χ1) is 16.2. The number of hydrogen-bond donors (Lipinski definition) is 1. The molecule has 1 amide bonds. The van der Waals surface area contributed by atoms with Gasteiger partial charge in [-0.25, -0.2) is 4.39 Å². The summed E-state index contributed by atoms with van der Waals surface area (Å²) in [6.45, 7) is 0.00405. The summed E-state index contributed by atoms with van der Waals surface area (Å²) < 4.78 is 63.1. The molecule has 3 aromatic carbocycles. The second-order valence-corrected chi connectivity index (χ2v) is 7.02. The van der Waals surface area contributed by atoms with Gasteiger partial charge in [0, 0.05) is 17.3 Å². The van der Waals surface area contributed by atoms with Crippen molar-refractivity contribution in [1.82, 2.24) is 0 Å². The lowest BCUT2D eigenvalue weighted by atomic mass is 10.1. The van der Waals surface area contributed by atoms with Gasteiger partial charge in [0.2, 0.25) is 0 Å². The fourth-order valence-corrected chi connectivity index (χ4v) is 2.95. The second kappa shape index (κ2) is 10.5. The van der Waals surface area contributed by atoms with Gasteiger partial charge in [-0.3, -0.25) is 4.79 Å². The Morgan fingerprint density at radius 3 is 2.53 bits per heavy atom. The molecule has 3 aromatic rings. The van der Waals surface area contributed by atoms with E-state index in [4.69, 9.17) is 9.47 Å². The van der Waals surface area contributed by atoms with Crippen molar-refractivity contribution in [3.05, 3.63) is 94.8 Å². The van der Waals surface area contributed by atoms with Gasteiger partial charge in [-0.15, -0.1) is 0 Å². The summed E-state index contributed by atoms with van der Waals surface area (Å²) in [4.78, 5) is 12.6. The lowest BCUT2D eigenvalue weighted by Gasteiger charge is -2.12. The fourth-order valence-electron chi connectivity index (χ4n) is 2.95. The number of carbonyl (C=O) groups is 1. The Hall–Kier alpha value is -4.32. The van der Waals surface area contributed by atoms with Crippen LogP contribution in [0.25, 0.3) is 6.08 Å². The highest BCUT2D eigenvalue weighted by atomic mass is 19.4. The highest BCUT2D eigenvalue weighted by Gasteiger charge is 2.30. The molecule has 0 saturated carbocycles. The topological polar surface area (TPSA) is 71.3 Å². The third-order valence-electron chi connectivity index (χ3n) is 4.62. The number of hydrogen-bond acceptors (Lipinski definition) is 4. The molecule has 3 rings (SSSR count). The minimum absolute atomic E-state index is 0.00405. The van der Waals surface area contributed by atoms with Crippen molar-refractivity contribution >= 4 is 17.7 Å². The minimum Gasteiger partial charge on any atom is -0.497 e. The van der Waals surface area contributed by atoms with E-state index in [-0.39, 0.29) is 23.6 Å². The smallest absolute Gasteiger partial charge is 0.416 e. The standard InChI is InChI=1S/C25H18F4N2O3/c1-33-22-9-8-17(23(13-22)34-15-16-4-2-6-20(26)10-16)11-18(14-30)24(32)31-21-7-3-5-19(12-21)25(27,28)29/h2-13H,15H2,1H3,(H,31,32)/b18-11+. The molecule has 0 fully saturated rings. The molecule has 34 heavy (non-hydrogen) atoms. The summed E-state index contributed by atoms with van der Waals surface area (Å²) in [5.74, 6) is -0.625. The van der Waals surface area contributed by atoms with Gasteiger partial charge in [0.1, 0.15) is 35.6 Å². The Bertz CT molecular complexity index is 1260. The van der Waals surface area contributed by atoms with Crippen molar-refractivity contribution in [1.29, 1.82) is 5.26 Å². The van der Waals surface area contributed by atoms with Gasteiger partial charge in [-0.2, -0.15) is 18.4 Å². The molecule has 174 valence electrons. The number of rotatable bonds is 7. The van der Waals surface area contributed by atoms with Crippen LogP contribution in [0.3, 0.4) is 0 Å². The monoisotopic (exact) mass is 470 g/mol. The van der Waals surface area contributed by atoms with E-state index in [0.717, 1.165) is 18.2 Å². The van der Waals surface area contributed by atoms with Crippen molar-refractivity contribution in [3.63, 3.8) is 0 Å². The summed E-state index contributed by atoms with van der Waals surface area (Å²) in [6.07, 6.45) is -3.34. The van der Waals surface area contributed by atoms with Crippen LogP contribution < -0.4 is 14.8 Å². The van der Waals surface area contributed by atoms with Crippen LogP contribution in [0.5, 0.6) is 11.5 Å². The van der Waals surface area contributed by atoms with Gasteiger partial charge >= 0.3 is 6.18 Å². The number of nitrogens with zero attached hydrogens (tertiary/aromatic N) is 1. The van der Waals surface area contributed by atoms with E-state index < -0.39 is 23.5 Å². The molecule has 5 nitrogen and oxygen atoms in total. The average Bonchev–Trinajstić information content (AvgIpc) is 2.81. The van der Waals surface area contributed by atoms with E-state index in [1.165, 1.54) is 43.5 Å². The molecule has 0 aromatic heterocycles. The number of carbonyl (C=O) groups excluding carboxylic acids is 1. The number of methoxy groups -OCH3 is 1. The van der Waals surface area contributed by atoms with E-state index in [0.29, 0.717) is 16.9 Å². The number of alkyl halides is 3. The number of ether oxygens (including phenoxy) is 2. The third-order valence-corrected chi connectivity index (χ3v) is 4.62. The quantitative estimate of drug-likeness (QED) is 0.262. The summed E-state index contributed by atoms with van der Waals surface area (Å²) >= 11 is 0. The van der Waals surface area contributed by atoms with Crippen molar-refractivity contribution < 1.29 is 31.8 Å². The third kappa shape index (κ3) is 6.36. The van der Waals surface area contributed by atoms with E-state index in [1.54, 1.807) is 24.3 Å². The van der Waals surface area contributed by atoms with Crippen LogP contribution in [0.1, 0.15) is 16.7 Å². The maximum Gasteiger partial charge on any atom is 0.416 e. The molecule has 1 N–H and O–H groups in total. The van der Waals surface area contributed by atoms with E-state index in [2.05, 4.69) is 5.32 Å². The molecule has 0 saturated heterocycles. The number of benzene rings is 3. The Labute approximate surface area is 192 Å². The van der Waals surface area contributed by atoms with Crippen LogP contribution in [0.15, 0.2) is 72.3 Å². The van der Waals surface area contributed by atoms with Crippen molar-refractivity contribution in [2.45, 2.75) is 12.8 Å². The summed E-state index contributed by atoms with van der Waals surface area (Å²) in [6, 6.07) is 16.3. The van der Waals surface area contributed by atoms with Gasteiger partial charge in [0.25, 0.3) is 5.91 Å². The predicted octanol–water partition coefficient (Wildman–Crippen LogP) is 5.98. The van der Waals surface area contributed by atoms with Crippen LogP contribution in [0.2, 0.25) is 0 Å². The molecule has 0 unspecified atom stereocenters. The van der Waals surface area contributed by atoms with Crippen LogP contribution >= 0.6 is 0 Å². The molecular weight excluding hydrogens is 452 g/mol. The Balaban J connectivity index is 1.86. The molecule has 0 aliphatic rings. The lowest BCUT2D eigenvalue weighted by molar-refractivity contribution is -0.137. The van der Waals surface area contributed by atoms with Gasteiger partial charge in [-0.05, 0) is 54.1 Å². The number of anilines is 1. The van der Waals surface area contributed by atoms with Gasteiger partial charge in [-0.1, -0.05) is 18.2 Å². The molecule has 0 radical (unpaired) electrons. The van der Waals surface area contributed by atoms with E-state index >= 15 is 0 Å². The average molecular weight is 470 g/mol. The molecule has 9 heteroatoms. The zero-order valence-electron chi connectivity index (χ0n) is 17.8. The molecule has 0 aliphatic heterocycles. The van der Waals surface area contributed by atoms with Gasteiger partial charge in [0.15, 0.2) is 0 Å². The zero-order valence-corrected chi connectivity index (χ0v) is 17.8. The molecule has 0 aliphatic carbocycles. The Kier molecular flexibility index (Phi) is 7.53. The maximum atomic E-state index is 13.4. The maximum absolute atomic E-state index is 13.4.